The van der Waals surface area contributed by atoms with Crippen LogP contribution in [0, 0.1) is 35.0 Å². The van der Waals surface area contributed by atoms with E-state index >= 15 is 0 Å². The molecule has 0 saturated heterocycles. The van der Waals surface area contributed by atoms with Crippen LogP contribution in [0.3, 0.4) is 0 Å². The molecule has 0 heteroatoms. The normalized spacial score (nSPS) is 56.5. The maximum Gasteiger partial charge on any atom is -0.0255 e. The molecule has 3 aliphatic carbocycles. The lowest BCUT2D eigenvalue weighted by Crippen LogP contribution is -2.24. The van der Waals surface area contributed by atoms with Gasteiger partial charge >= 0.3 is 0 Å². The summed E-state index contributed by atoms with van der Waals surface area (Å²) in [4.78, 5) is 0. The van der Waals surface area contributed by atoms with Gasteiger partial charge in [-0.1, -0.05) is 20.8 Å². The highest BCUT2D eigenvalue weighted by atomic mass is 14.8. The first-order valence-electron chi connectivity index (χ1n) is 5.64. The molecule has 0 heterocycles. The Morgan fingerprint density at radius 1 is 1.25 bits per heavy atom. The Morgan fingerprint density at radius 2 is 1.92 bits per heavy atom. The van der Waals surface area contributed by atoms with Gasteiger partial charge in [0, 0.05) is 0 Å². The second-order valence-electron chi connectivity index (χ2n) is 6.01. The monoisotopic (exact) mass is 164 g/mol. The number of hydrogen-bond acceptors (Lipinski definition) is 0. The fourth-order valence-corrected chi connectivity index (χ4v) is 4.30. The standard InChI is InChI=1S/C12H20/c1-7(2)10-11-9(8-4-5-8)6-12(10,11)3/h7-11H,4-6H2,1-3H3. The lowest BCUT2D eigenvalue weighted by atomic mass is 9.73. The summed E-state index contributed by atoms with van der Waals surface area (Å²) >= 11 is 0. The van der Waals surface area contributed by atoms with Crippen molar-refractivity contribution in [2.24, 2.45) is 35.0 Å². The molecule has 0 aromatic carbocycles. The molecule has 3 aliphatic rings. The van der Waals surface area contributed by atoms with Crippen molar-refractivity contribution >= 4 is 0 Å². The second-order valence-corrected chi connectivity index (χ2v) is 6.01. The van der Waals surface area contributed by atoms with Crippen molar-refractivity contribution < 1.29 is 0 Å². The van der Waals surface area contributed by atoms with Crippen molar-refractivity contribution in [3.63, 3.8) is 0 Å². The zero-order valence-corrected chi connectivity index (χ0v) is 8.51. The Kier molecular flexibility index (Phi) is 1.18. The molecule has 0 N–H and O–H groups in total. The van der Waals surface area contributed by atoms with Gasteiger partial charge in [-0.15, -0.1) is 0 Å². The van der Waals surface area contributed by atoms with Crippen molar-refractivity contribution in [1.82, 2.24) is 0 Å². The molecule has 3 saturated carbocycles. The Hall–Kier alpha value is 0. The van der Waals surface area contributed by atoms with Crippen LogP contribution in [0.25, 0.3) is 0 Å². The topological polar surface area (TPSA) is 0 Å². The maximum atomic E-state index is 2.53. The van der Waals surface area contributed by atoms with E-state index in [2.05, 4.69) is 20.8 Å². The average molecular weight is 164 g/mol. The molecule has 0 nitrogen and oxygen atoms in total. The molecule has 0 spiro atoms. The van der Waals surface area contributed by atoms with Crippen LogP contribution in [0.4, 0.5) is 0 Å². The largest absolute Gasteiger partial charge is 0.0625 e. The third-order valence-electron chi connectivity index (χ3n) is 4.88. The van der Waals surface area contributed by atoms with E-state index in [1.165, 1.54) is 11.8 Å². The third kappa shape index (κ3) is 0.701. The lowest BCUT2D eigenvalue weighted by Gasteiger charge is -2.31. The number of hydrogen-bond donors (Lipinski definition) is 0. The van der Waals surface area contributed by atoms with Crippen LogP contribution < -0.4 is 0 Å². The summed E-state index contributed by atoms with van der Waals surface area (Å²) in [5.41, 5.74) is 0.821. The Morgan fingerprint density at radius 3 is 2.33 bits per heavy atom. The molecule has 4 atom stereocenters. The van der Waals surface area contributed by atoms with Gasteiger partial charge in [0.1, 0.15) is 0 Å². The molecule has 3 fully saturated rings. The van der Waals surface area contributed by atoms with Crippen LogP contribution in [0.1, 0.15) is 40.0 Å². The van der Waals surface area contributed by atoms with Gasteiger partial charge in [-0.2, -0.15) is 0 Å². The molecular weight excluding hydrogens is 144 g/mol. The average Bonchev–Trinajstić information content (AvgIpc) is 2.82. The summed E-state index contributed by atoms with van der Waals surface area (Å²) in [7, 11) is 0. The van der Waals surface area contributed by atoms with Crippen molar-refractivity contribution in [3.8, 4) is 0 Å². The smallest absolute Gasteiger partial charge is 0.0255 e. The quantitative estimate of drug-likeness (QED) is 0.587. The van der Waals surface area contributed by atoms with Crippen LogP contribution >= 0.6 is 0 Å². The van der Waals surface area contributed by atoms with Crippen LogP contribution in [-0.2, 0) is 0 Å². The van der Waals surface area contributed by atoms with Crippen molar-refractivity contribution in [1.29, 1.82) is 0 Å². The van der Waals surface area contributed by atoms with E-state index in [1.807, 2.05) is 0 Å². The van der Waals surface area contributed by atoms with E-state index in [1.54, 1.807) is 19.3 Å². The van der Waals surface area contributed by atoms with E-state index in [-0.39, 0.29) is 0 Å². The van der Waals surface area contributed by atoms with E-state index < -0.39 is 0 Å². The fourth-order valence-electron chi connectivity index (χ4n) is 4.30. The molecule has 3 rings (SSSR count). The summed E-state index contributed by atoms with van der Waals surface area (Å²) < 4.78 is 0. The highest BCUT2D eigenvalue weighted by Gasteiger charge is 2.74. The van der Waals surface area contributed by atoms with Gasteiger partial charge in [-0.05, 0) is 54.3 Å². The minimum absolute atomic E-state index is 0.821. The molecule has 68 valence electrons. The van der Waals surface area contributed by atoms with Crippen molar-refractivity contribution in [2.75, 3.05) is 0 Å². The molecule has 0 aromatic heterocycles. The van der Waals surface area contributed by atoms with Gasteiger partial charge in [0.05, 0.1) is 0 Å². The van der Waals surface area contributed by atoms with Gasteiger partial charge in [0.25, 0.3) is 0 Å². The SMILES string of the molecule is CC(C)C1C2C(C3CC3)CC12C. The Balaban J connectivity index is 1.72. The highest BCUT2D eigenvalue weighted by molar-refractivity contribution is 5.21. The highest BCUT2D eigenvalue weighted by Crippen LogP contribution is 2.79. The fraction of sp³-hybridized carbons (Fsp3) is 1.00. The van der Waals surface area contributed by atoms with E-state index in [9.17, 15) is 0 Å². The summed E-state index contributed by atoms with van der Waals surface area (Å²) in [5, 5.41) is 0. The second kappa shape index (κ2) is 1.91. The van der Waals surface area contributed by atoms with E-state index in [0.717, 1.165) is 23.2 Å². The predicted octanol–water partition coefficient (Wildman–Crippen LogP) is 3.32. The van der Waals surface area contributed by atoms with E-state index in [4.69, 9.17) is 0 Å². The molecule has 0 amide bonds. The van der Waals surface area contributed by atoms with Gasteiger partial charge in [-0.3, -0.25) is 0 Å². The minimum atomic E-state index is 0.821. The van der Waals surface area contributed by atoms with Gasteiger partial charge in [0.2, 0.25) is 0 Å². The molecule has 0 aromatic rings. The molecule has 0 aliphatic heterocycles. The summed E-state index contributed by atoms with van der Waals surface area (Å²) in [6.07, 6.45) is 4.69. The van der Waals surface area contributed by atoms with Crippen LogP contribution in [0.2, 0.25) is 0 Å². The van der Waals surface area contributed by atoms with Gasteiger partial charge in [0.15, 0.2) is 0 Å². The molecular formula is C12H20. The van der Waals surface area contributed by atoms with Crippen LogP contribution in [-0.4, -0.2) is 0 Å². The Bertz CT molecular complexity index is 214. The van der Waals surface area contributed by atoms with Crippen molar-refractivity contribution in [2.45, 2.75) is 40.0 Å². The zero-order chi connectivity index (χ0) is 8.51. The maximum absolute atomic E-state index is 2.53. The van der Waals surface area contributed by atoms with Gasteiger partial charge < -0.3 is 0 Å². The van der Waals surface area contributed by atoms with E-state index in [0.29, 0.717) is 0 Å². The Labute approximate surface area is 75.7 Å². The first-order valence-corrected chi connectivity index (χ1v) is 5.64. The first kappa shape index (κ1) is 7.41. The minimum Gasteiger partial charge on any atom is -0.0625 e. The lowest BCUT2D eigenvalue weighted by molar-refractivity contribution is 0.171. The predicted molar refractivity (Wildman–Crippen MR) is 50.8 cm³/mol. The number of fused-ring (bicyclic) bond motifs is 1. The summed E-state index contributed by atoms with van der Waals surface area (Å²) in [6.45, 7) is 7.36. The zero-order valence-electron chi connectivity index (χ0n) is 8.51. The first-order chi connectivity index (χ1) is 5.64. The van der Waals surface area contributed by atoms with Crippen LogP contribution in [0.15, 0.2) is 0 Å². The summed E-state index contributed by atoms with van der Waals surface area (Å²) in [5.74, 6) is 5.55. The molecule has 0 bridgehead atoms. The third-order valence-corrected chi connectivity index (χ3v) is 4.88. The molecule has 0 radical (unpaired) electrons. The van der Waals surface area contributed by atoms with Crippen LogP contribution in [0.5, 0.6) is 0 Å². The number of rotatable bonds is 2. The van der Waals surface area contributed by atoms with Crippen molar-refractivity contribution in [3.05, 3.63) is 0 Å². The molecule has 12 heavy (non-hydrogen) atoms. The van der Waals surface area contributed by atoms with Gasteiger partial charge in [-0.25, -0.2) is 0 Å². The summed E-state index contributed by atoms with van der Waals surface area (Å²) in [6, 6.07) is 0. The molecule has 4 unspecified atom stereocenters.